The van der Waals surface area contributed by atoms with Crippen LogP contribution in [0.3, 0.4) is 0 Å². The molecule has 1 fully saturated rings. The van der Waals surface area contributed by atoms with Gasteiger partial charge >= 0.3 is 6.03 Å². The van der Waals surface area contributed by atoms with Gasteiger partial charge < -0.3 is 15.4 Å². The van der Waals surface area contributed by atoms with Gasteiger partial charge in [0.1, 0.15) is 24.6 Å². The highest BCUT2D eigenvalue weighted by Crippen LogP contribution is 2.27. The van der Waals surface area contributed by atoms with Crippen LogP contribution in [0.2, 0.25) is 0 Å². The van der Waals surface area contributed by atoms with Crippen LogP contribution >= 0.6 is 15.9 Å². The van der Waals surface area contributed by atoms with Gasteiger partial charge in [-0.2, -0.15) is 0 Å². The van der Waals surface area contributed by atoms with Crippen molar-refractivity contribution >= 4 is 45.5 Å². The fourth-order valence-corrected chi connectivity index (χ4v) is 4.03. The second-order valence-corrected chi connectivity index (χ2v) is 8.81. The molecule has 3 aromatic carbocycles. The molecule has 1 aliphatic rings. The van der Waals surface area contributed by atoms with E-state index in [1.165, 1.54) is 0 Å². The summed E-state index contributed by atoms with van der Waals surface area (Å²) in [6, 6.07) is 21.9. The monoisotopic (exact) mass is 533 g/mol. The third-order valence-electron chi connectivity index (χ3n) is 5.45. The molecule has 0 atom stereocenters. The number of halogens is 1. The van der Waals surface area contributed by atoms with Crippen molar-refractivity contribution in [2.45, 2.75) is 20.0 Å². The lowest BCUT2D eigenvalue weighted by Crippen LogP contribution is -2.38. The molecule has 3 aromatic rings. The fraction of sp³-hybridized carbons (Fsp3) is 0.148. The summed E-state index contributed by atoms with van der Waals surface area (Å²) in [5.41, 5.74) is 3.32. The highest BCUT2D eigenvalue weighted by atomic mass is 79.9. The number of aryl methyl sites for hydroxylation is 1. The van der Waals surface area contributed by atoms with Gasteiger partial charge in [-0.1, -0.05) is 71.4 Å². The lowest BCUT2D eigenvalue weighted by molar-refractivity contribution is -0.127. The highest BCUT2D eigenvalue weighted by molar-refractivity contribution is 9.10. The number of anilines is 1. The average molecular weight is 534 g/mol. The van der Waals surface area contributed by atoms with Gasteiger partial charge in [-0.3, -0.25) is 9.59 Å². The van der Waals surface area contributed by atoms with Gasteiger partial charge in [0.05, 0.1) is 0 Å². The van der Waals surface area contributed by atoms with Crippen LogP contribution in [0.15, 0.2) is 83.0 Å². The zero-order valence-corrected chi connectivity index (χ0v) is 20.7. The van der Waals surface area contributed by atoms with Crippen molar-refractivity contribution in [3.8, 4) is 5.75 Å². The lowest BCUT2D eigenvalue weighted by Gasteiger charge is -2.13. The van der Waals surface area contributed by atoms with Crippen LogP contribution in [0, 0.1) is 0 Å². The Morgan fingerprint density at radius 1 is 1.06 bits per heavy atom. The zero-order chi connectivity index (χ0) is 24.8. The molecule has 1 saturated heterocycles. The van der Waals surface area contributed by atoms with Crippen molar-refractivity contribution in [2.75, 3.05) is 11.9 Å². The first-order valence-corrected chi connectivity index (χ1v) is 11.9. The van der Waals surface area contributed by atoms with Crippen LogP contribution in [0.25, 0.3) is 6.08 Å². The van der Waals surface area contributed by atoms with Gasteiger partial charge in [-0.05, 0) is 47.9 Å². The summed E-state index contributed by atoms with van der Waals surface area (Å²) < 4.78 is 6.75. The molecule has 1 heterocycles. The summed E-state index contributed by atoms with van der Waals surface area (Å²) in [7, 11) is 0. The molecule has 0 saturated carbocycles. The van der Waals surface area contributed by atoms with E-state index in [1.54, 1.807) is 24.3 Å². The third kappa shape index (κ3) is 5.96. The standard InChI is InChI=1S/C27H24BrN3O4/c1-2-19-10-6-7-11-22(19)29-25(32)16-31-26(33)23(30-27(31)34)15-20-14-21(28)12-13-24(20)35-17-18-8-4-3-5-9-18/h3-15H,2,16-17H2,1H3,(H,29,32)(H,30,34)/b23-15+. The molecule has 0 bridgehead atoms. The number of nitrogens with zero attached hydrogens (tertiary/aromatic N) is 1. The van der Waals surface area contributed by atoms with Gasteiger partial charge in [0.2, 0.25) is 5.91 Å². The Balaban J connectivity index is 1.48. The molecule has 0 radical (unpaired) electrons. The molecule has 4 amide bonds. The van der Waals surface area contributed by atoms with Gasteiger partial charge in [0.15, 0.2) is 0 Å². The number of amides is 4. The number of imide groups is 1. The van der Waals surface area contributed by atoms with Crippen LogP contribution in [0.1, 0.15) is 23.6 Å². The van der Waals surface area contributed by atoms with Crippen molar-refractivity contribution in [3.05, 3.63) is 99.7 Å². The predicted molar refractivity (Wildman–Crippen MR) is 138 cm³/mol. The van der Waals surface area contributed by atoms with Gasteiger partial charge in [0.25, 0.3) is 5.91 Å². The first-order chi connectivity index (χ1) is 16.9. The number of hydrogen-bond donors (Lipinski definition) is 2. The maximum atomic E-state index is 12.9. The minimum atomic E-state index is -0.651. The molecule has 2 N–H and O–H groups in total. The van der Waals surface area contributed by atoms with E-state index in [-0.39, 0.29) is 5.70 Å². The lowest BCUT2D eigenvalue weighted by atomic mass is 10.1. The van der Waals surface area contributed by atoms with Crippen LogP contribution in [-0.4, -0.2) is 29.3 Å². The Labute approximate surface area is 211 Å². The number of benzene rings is 3. The van der Waals surface area contributed by atoms with Crippen molar-refractivity contribution in [1.82, 2.24) is 10.2 Å². The summed E-state index contributed by atoms with van der Waals surface area (Å²) in [6.45, 7) is 1.94. The van der Waals surface area contributed by atoms with Gasteiger partial charge in [0, 0.05) is 15.7 Å². The first kappa shape index (κ1) is 24.2. The molecule has 0 spiro atoms. The molecule has 7 nitrogen and oxygen atoms in total. The van der Waals surface area contributed by atoms with E-state index >= 15 is 0 Å². The van der Waals surface area contributed by atoms with E-state index in [4.69, 9.17) is 4.74 Å². The molecular formula is C27H24BrN3O4. The number of hydrogen-bond acceptors (Lipinski definition) is 4. The van der Waals surface area contributed by atoms with Crippen molar-refractivity contribution in [3.63, 3.8) is 0 Å². The van der Waals surface area contributed by atoms with Crippen LogP contribution in [0.5, 0.6) is 5.75 Å². The van der Waals surface area contributed by atoms with Crippen LogP contribution in [0.4, 0.5) is 10.5 Å². The molecule has 178 valence electrons. The molecule has 0 aromatic heterocycles. The number of urea groups is 1. The van der Waals surface area contributed by atoms with Crippen molar-refractivity contribution in [1.29, 1.82) is 0 Å². The van der Waals surface area contributed by atoms with Gasteiger partial charge in [-0.15, -0.1) is 0 Å². The molecular weight excluding hydrogens is 510 g/mol. The normalized spacial score (nSPS) is 14.2. The number of para-hydroxylation sites is 1. The smallest absolute Gasteiger partial charge is 0.329 e. The van der Waals surface area contributed by atoms with E-state index in [1.807, 2.05) is 61.5 Å². The van der Waals surface area contributed by atoms with Crippen molar-refractivity contribution < 1.29 is 19.1 Å². The second-order valence-electron chi connectivity index (χ2n) is 7.89. The zero-order valence-electron chi connectivity index (χ0n) is 19.1. The summed E-state index contributed by atoms with van der Waals surface area (Å²) in [6.07, 6.45) is 2.30. The Morgan fingerprint density at radius 3 is 2.57 bits per heavy atom. The molecule has 0 aliphatic carbocycles. The minimum Gasteiger partial charge on any atom is -0.488 e. The summed E-state index contributed by atoms with van der Waals surface area (Å²) >= 11 is 3.44. The number of ether oxygens (including phenoxy) is 1. The molecule has 0 unspecified atom stereocenters. The predicted octanol–water partition coefficient (Wildman–Crippen LogP) is 5.12. The summed E-state index contributed by atoms with van der Waals surface area (Å²) in [4.78, 5) is 38.9. The fourth-order valence-electron chi connectivity index (χ4n) is 3.65. The third-order valence-corrected chi connectivity index (χ3v) is 5.94. The Bertz CT molecular complexity index is 1290. The number of carbonyl (C=O) groups is 3. The maximum Gasteiger partial charge on any atom is 0.329 e. The van der Waals surface area contributed by atoms with Crippen molar-refractivity contribution in [2.24, 2.45) is 0 Å². The van der Waals surface area contributed by atoms with E-state index in [0.29, 0.717) is 23.6 Å². The number of nitrogens with one attached hydrogen (secondary N) is 2. The van der Waals surface area contributed by atoms with E-state index in [0.717, 1.165) is 26.9 Å². The Morgan fingerprint density at radius 2 is 1.80 bits per heavy atom. The Hall–Kier alpha value is -3.91. The number of carbonyl (C=O) groups excluding carboxylic acids is 3. The maximum absolute atomic E-state index is 12.9. The van der Waals surface area contributed by atoms with E-state index in [2.05, 4.69) is 26.6 Å². The topological polar surface area (TPSA) is 87.7 Å². The van der Waals surface area contributed by atoms with E-state index in [9.17, 15) is 14.4 Å². The SMILES string of the molecule is CCc1ccccc1NC(=O)CN1C(=O)N/C(=C/c2cc(Br)ccc2OCc2ccccc2)C1=O. The molecule has 1 aliphatic heterocycles. The molecule has 35 heavy (non-hydrogen) atoms. The summed E-state index contributed by atoms with van der Waals surface area (Å²) in [5, 5.41) is 5.35. The largest absolute Gasteiger partial charge is 0.488 e. The van der Waals surface area contributed by atoms with Gasteiger partial charge in [-0.25, -0.2) is 9.69 Å². The molecule has 4 rings (SSSR count). The van der Waals surface area contributed by atoms with Crippen LogP contribution in [-0.2, 0) is 22.6 Å². The average Bonchev–Trinajstić information content (AvgIpc) is 3.11. The number of rotatable bonds is 8. The summed E-state index contributed by atoms with van der Waals surface area (Å²) in [5.74, 6) is -0.480. The van der Waals surface area contributed by atoms with E-state index < -0.39 is 24.4 Å². The Kier molecular flexibility index (Phi) is 7.62. The highest BCUT2D eigenvalue weighted by Gasteiger charge is 2.35. The molecule has 8 heteroatoms. The second kappa shape index (κ2) is 11.0. The minimum absolute atomic E-state index is 0.0689. The first-order valence-electron chi connectivity index (χ1n) is 11.1. The van der Waals surface area contributed by atoms with Crippen LogP contribution < -0.4 is 15.4 Å². The quantitative estimate of drug-likeness (QED) is 0.310.